The highest BCUT2D eigenvalue weighted by atomic mass is 35.5. The van der Waals surface area contributed by atoms with Crippen LogP contribution in [0, 0.1) is 5.92 Å². The second-order valence-electron chi connectivity index (χ2n) is 8.25. The highest BCUT2D eigenvalue weighted by molar-refractivity contribution is 6.30. The van der Waals surface area contributed by atoms with Gasteiger partial charge in [0.05, 0.1) is 5.56 Å². The lowest BCUT2D eigenvalue weighted by molar-refractivity contribution is -0.138. The molecule has 1 aromatic heterocycles. The molecule has 1 saturated heterocycles. The first-order valence-corrected chi connectivity index (χ1v) is 10.8. The maximum Gasteiger partial charge on any atom is 0.419 e. The van der Waals surface area contributed by atoms with Gasteiger partial charge in [-0.05, 0) is 29.2 Å². The molecule has 1 aliphatic rings. The van der Waals surface area contributed by atoms with Crippen molar-refractivity contribution in [3.63, 3.8) is 0 Å². The summed E-state index contributed by atoms with van der Waals surface area (Å²) in [4.78, 5) is 12.1. The van der Waals surface area contributed by atoms with E-state index in [0.717, 1.165) is 32.0 Å². The SMILES string of the molecule is CN(C[C@H]1CN(Cc2ccccc2)C[C@@H]1c1ccc(Cl)cc1)c1ncc(C(F)(F)F)cn1. The number of aromatic nitrogens is 2. The van der Waals surface area contributed by atoms with Gasteiger partial charge < -0.3 is 4.90 Å². The number of likely N-dealkylation sites (tertiary alicyclic amines) is 1. The maximum atomic E-state index is 12.8. The van der Waals surface area contributed by atoms with Gasteiger partial charge in [-0.3, -0.25) is 4.90 Å². The first-order chi connectivity index (χ1) is 15.3. The van der Waals surface area contributed by atoms with Gasteiger partial charge in [0.1, 0.15) is 0 Å². The van der Waals surface area contributed by atoms with E-state index in [0.29, 0.717) is 11.6 Å². The lowest BCUT2D eigenvalue weighted by Crippen LogP contribution is -2.31. The molecular weight excluding hydrogens is 437 g/mol. The molecule has 4 rings (SSSR count). The molecule has 2 heterocycles. The van der Waals surface area contributed by atoms with Crippen molar-refractivity contribution >= 4 is 17.5 Å². The molecule has 2 atom stereocenters. The Morgan fingerprint density at radius 3 is 2.28 bits per heavy atom. The molecule has 1 aliphatic heterocycles. The zero-order valence-electron chi connectivity index (χ0n) is 17.6. The first-order valence-electron chi connectivity index (χ1n) is 10.4. The van der Waals surface area contributed by atoms with Crippen LogP contribution in [0.25, 0.3) is 0 Å². The van der Waals surface area contributed by atoms with E-state index in [1.54, 1.807) is 0 Å². The summed E-state index contributed by atoms with van der Waals surface area (Å²) in [6.45, 7) is 3.24. The van der Waals surface area contributed by atoms with Crippen LogP contribution in [0.15, 0.2) is 67.0 Å². The van der Waals surface area contributed by atoms with Gasteiger partial charge in [0, 0.05) is 56.6 Å². The van der Waals surface area contributed by atoms with E-state index in [1.165, 1.54) is 11.1 Å². The molecule has 0 amide bonds. The van der Waals surface area contributed by atoms with Gasteiger partial charge in [-0.25, -0.2) is 9.97 Å². The van der Waals surface area contributed by atoms with E-state index >= 15 is 0 Å². The normalized spacial score (nSPS) is 19.3. The zero-order chi connectivity index (χ0) is 22.7. The lowest BCUT2D eigenvalue weighted by Gasteiger charge is -2.25. The van der Waals surface area contributed by atoms with Crippen molar-refractivity contribution in [2.75, 3.05) is 31.6 Å². The van der Waals surface area contributed by atoms with E-state index in [2.05, 4.69) is 39.1 Å². The van der Waals surface area contributed by atoms with Crippen LogP contribution >= 0.6 is 11.6 Å². The fraction of sp³-hybridized carbons (Fsp3) is 0.333. The number of halogens is 4. The van der Waals surface area contributed by atoms with E-state index in [9.17, 15) is 13.2 Å². The summed E-state index contributed by atoms with van der Waals surface area (Å²) in [6.07, 6.45) is -2.77. The predicted molar refractivity (Wildman–Crippen MR) is 120 cm³/mol. The van der Waals surface area contributed by atoms with Gasteiger partial charge in [0.25, 0.3) is 0 Å². The van der Waals surface area contributed by atoms with Gasteiger partial charge >= 0.3 is 6.18 Å². The molecule has 32 heavy (non-hydrogen) atoms. The molecule has 0 N–H and O–H groups in total. The molecule has 1 fully saturated rings. The molecule has 0 radical (unpaired) electrons. The summed E-state index contributed by atoms with van der Waals surface area (Å²) in [5.74, 6) is 0.818. The third-order valence-corrected chi connectivity index (χ3v) is 6.13. The number of hydrogen-bond donors (Lipinski definition) is 0. The van der Waals surface area contributed by atoms with Crippen LogP contribution in [0.3, 0.4) is 0 Å². The monoisotopic (exact) mass is 460 g/mol. The van der Waals surface area contributed by atoms with Crippen LogP contribution in [0.5, 0.6) is 0 Å². The Bertz CT molecular complexity index is 1010. The first kappa shape index (κ1) is 22.6. The van der Waals surface area contributed by atoms with E-state index in [4.69, 9.17) is 11.6 Å². The molecular formula is C24H24ClF3N4. The second kappa shape index (κ2) is 9.46. The molecule has 0 bridgehead atoms. The largest absolute Gasteiger partial charge is 0.419 e. The summed E-state index contributed by atoms with van der Waals surface area (Å²) in [5.41, 5.74) is 1.61. The van der Waals surface area contributed by atoms with Crippen molar-refractivity contribution in [2.24, 2.45) is 5.92 Å². The fourth-order valence-electron chi connectivity index (χ4n) is 4.30. The topological polar surface area (TPSA) is 32.3 Å². The Labute approximate surface area is 190 Å². The number of alkyl halides is 3. The zero-order valence-corrected chi connectivity index (χ0v) is 18.4. The maximum absolute atomic E-state index is 12.8. The van der Waals surface area contributed by atoms with E-state index in [1.807, 2.05) is 42.3 Å². The Morgan fingerprint density at radius 2 is 1.66 bits per heavy atom. The van der Waals surface area contributed by atoms with Crippen molar-refractivity contribution in [3.8, 4) is 0 Å². The number of benzene rings is 2. The Hall–Kier alpha value is -2.64. The Morgan fingerprint density at radius 1 is 1.00 bits per heavy atom. The Balaban J connectivity index is 1.51. The summed E-state index contributed by atoms with van der Waals surface area (Å²) in [7, 11) is 1.82. The quantitative estimate of drug-likeness (QED) is 0.486. The van der Waals surface area contributed by atoms with Gasteiger partial charge in [-0.15, -0.1) is 0 Å². The number of hydrogen-bond acceptors (Lipinski definition) is 4. The van der Waals surface area contributed by atoms with Crippen LogP contribution in [-0.2, 0) is 12.7 Å². The fourth-order valence-corrected chi connectivity index (χ4v) is 4.43. The third kappa shape index (κ3) is 5.40. The van der Waals surface area contributed by atoms with E-state index < -0.39 is 11.7 Å². The highest BCUT2D eigenvalue weighted by Gasteiger charge is 2.35. The van der Waals surface area contributed by atoms with Crippen molar-refractivity contribution in [1.82, 2.24) is 14.9 Å². The van der Waals surface area contributed by atoms with E-state index in [-0.39, 0.29) is 17.8 Å². The minimum absolute atomic E-state index is 0.260. The Kier molecular flexibility index (Phi) is 6.67. The van der Waals surface area contributed by atoms with Crippen molar-refractivity contribution in [2.45, 2.75) is 18.6 Å². The summed E-state index contributed by atoms with van der Waals surface area (Å²) in [6, 6.07) is 18.2. The molecule has 168 valence electrons. The van der Waals surface area contributed by atoms with Crippen LogP contribution in [-0.4, -0.2) is 41.5 Å². The van der Waals surface area contributed by atoms with Crippen LogP contribution in [0.1, 0.15) is 22.6 Å². The molecule has 8 heteroatoms. The van der Waals surface area contributed by atoms with Crippen LogP contribution < -0.4 is 4.90 Å². The smallest absolute Gasteiger partial charge is 0.344 e. The molecule has 0 aliphatic carbocycles. The number of nitrogens with zero attached hydrogens (tertiary/aromatic N) is 4. The average molecular weight is 461 g/mol. The second-order valence-corrected chi connectivity index (χ2v) is 8.68. The number of rotatable bonds is 6. The highest BCUT2D eigenvalue weighted by Crippen LogP contribution is 2.35. The minimum atomic E-state index is -4.44. The van der Waals surface area contributed by atoms with Crippen molar-refractivity contribution < 1.29 is 13.2 Å². The van der Waals surface area contributed by atoms with Gasteiger partial charge in [0.15, 0.2) is 0 Å². The standard InChI is InChI=1S/C24H24ClF3N4/c1-31(23-29-11-20(12-30-23)24(26,27)28)14-19-15-32(13-17-5-3-2-4-6-17)16-22(19)18-7-9-21(25)10-8-18/h2-12,19,22H,13-16H2,1H3/t19-,22+/m0/s1. The third-order valence-electron chi connectivity index (χ3n) is 5.88. The van der Waals surface area contributed by atoms with Crippen LogP contribution in [0.4, 0.5) is 19.1 Å². The average Bonchev–Trinajstić information content (AvgIpc) is 3.16. The summed E-state index contributed by atoms with van der Waals surface area (Å²) >= 11 is 6.08. The van der Waals surface area contributed by atoms with Crippen molar-refractivity contribution in [1.29, 1.82) is 0 Å². The molecule has 0 unspecified atom stereocenters. The predicted octanol–water partition coefficient (Wildman–Crippen LogP) is 5.50. The van der Waals surface area contributed by atoms with Crippen molar-refractivity contribution in [3.05, 3.63) is 88.7 Å². The molecule has 0 saturated carbocycles. The van der Waals surface area contributed by atoms with Gasteiger partial charge in [0.2, 0.25) is 5.95 Å². The van der Waals surface area contributed by atoms with Crippen LogP contribution in [0.2, 0.25) is 5.02 Å². The molecule has 2 aromatic carbocycles. The molecule has 0 spiro atoms. The summed E-state index contributed by atoms with van der Waals surface area (Å²) < 4.78 is 38.5. The lowest BCUT2D eigenvalue weighted by atomic mass is 9.88. The van der Waals surface area contributed by atoms with Gasteiger partial charge in [-0.2, -0.15) is 13.2 Å². The molecule has 4 nitrogen and oxygen atoms in total. The summed E-state index contributed by atoms with van der Waals surface area (Å²) in [5, 5.41) is 0.694. The minimum Gasteiger partial charge on any atom is -0.344 e. The molecule has 3 aromatic rings. The number of anilines is 1. The van der Waals surface area contributed by atoms with Gasteiger partial charge in [-0.1, -0.05) is 54.1 Å².